The van der Waals surface area contributed by atoms with Gasteiger partial charge in [-0.25, -0.2) is 4.79 Å². The summed E-state index contributed by atoms with van der Waals surface area (Å²) < 4.78 is 5.30. The molecule has 3 atom stereocenters. The third-order valence-corrected chi connectivity index (χ3v) is 5.27. The monoisotopic (exact) mass is 461 g/mol. The van der Waals surface area contributed by atoms with E-state index >= 15 is 0 Å². The zero-order valence-electron chi connectivity index (χ0n) is 22.0. The van der Waals surface area contributed by atoms with Crippen molar-refractivity contribution in [1.29, 1.82) is 0 Å². The predicted molar refractivity (Wildman–Crippen MR) is 132 cm³/mol. The SMILES string of the molecule is CCCC(C)NC(=O)C(c1ccc(C)cc1C)N(C(=O)C(C)NC(=O)OC(C)(C)C)C(C)C. The van der Waals surface area contributed by atoms with Gasteiger partial charge >= 0.3 is 6.09 Å². The third kappa shape index (κ3) is 8.71. The van der Waals surface area contributed by atoms with Gasteiger partial charge in [0.2, 0.25) is 11.8 Å². The summed E-state index contributed by atoms with van der Waals surface area (Å²) >= 11 is 0. The number of nitrogens with one attached hydrogen (secondary N) is 2. The number of benzene rings is 1. The van der Waals surface area contributed by atoms with Crippen molar-refractivity contribution < 1.29 is 19.1 Å². The zero-order valence-corrected chi connectivity index (χ0v) is 22.0. The highest BCUT2D eigenvalue weighted by atomic mass is 16.6. The maximum atomic E-state index is 13.6. The van der Waals surface area contributed by atoms with Crippen molar-refractivity contribution in [2.75, 3.05) is 0 Å². The van der Waals surface area contributed by atoms with Crippen LogP contribution in [-0.2, 0) is 14.3 Å². The van der Waals surface area contributed by atoms with Crippen molar-refractivity contribution in [2.45, 2.75) is 112 Å². The molecule has 3 amide bonds. The van der Waals surface area contributed by atoms with Crippen LogP contribution in [0.5, 0.6) is 0 Å². The van der Waals surface area contributed by atoms with E-state index in [1.54, 1.807) is 32.6 Å². The summed E-state index contributed by atoms with van der Waals surface area (Å²) in [5.74, 6) is -0.575. The molecule has 0 heterocycles. The minimum Gasteiger partial charge on any atom is -0.444 e. The second kappa shape index (κ2) is 12.1. The maximum Gasteiger partial charge on any atom is 0.408 e. The number of hydrogen-bond acceptors (Lipinski definition) is 4. The molecule has 33 heavy (non-hydrogen) atoms. The average Bonchev–Trinajstić information content (AvgIpc) is 2.64. The summed E-state index contributed by atoms with van der Waals surface area (Å²) in [6.07, 6.45) is 1.12. The van der Waals surface area contributed by atoms with Gasteiger partial charge in [0, 0.05) is 12.1 Å². The number of rotatable bonds is 9. The minimum absolute atomic E-state index is 0.0165. The van der Waals surface area contributed by atoms with Gasteiger partial charge in [0.15, 0.2) is 0 Å². The Kier molecular flexibility index (Phi) is 10.4. The van der Waals surface area contributed by atoms with Crippen molar-refractivity contribution in [3.05, 3.63) is 34.9 Å². The van der Waals surface area contributed by atoms with Crippen molar-refractivity contribution in [3.63, 3.8) is 0 Å². The second-order valence-corrected chi connectivity index (χ2v) is 10.2. The van der Waals surface area contributed by atoms with Gasteiger partial charge < -0.3 is 20.3 Å². The Bertz CT molecular complexity index is 829. The molecule has 0 aliphatic carbocycles. The Balaban J connectivity index is 3.35. The molecule has 2 N–H and O–H groups in total. The van der Waals surface area contributed by atoms with Gasteiger partial charge in [0.25, 0.3) is 0 Å². The van der Waals surface area contributed by atoms with Gasteiger partial charge in [0.1, 0.15) is 17.7 Å². The number of ether oxygens (including phenoxy) is 1. The third-order valence-electron chi connectivity index (χ3n) is 5.27. The van der Waals surface area contributed by atoms with Crippen LogP contribution in [-0.4, -0.2) is 46.5 Å². The molecule has 0 saturated carbocycles. The molecule has 1 rings (SSSR count). The molecule has 3 unspecified atom stereocenters. The van der Waals surface area contributed by atoms with Crippen LogP contribution in [0.1, 0.15) is 91.0 Å². The molecule has 7 heteroatoms. The standard InChI is InChI=1S/C26H43N3O4/c1-11-12-19(6)27-23(30)22(21-14-13-17(4)15-18(21)5)29(16(2)3)24(31)20(7)28-25(32)33-26(8,9)10/h13-16,19-20,22H,11-12H2,1-10H3,(H,27,30)(H,28,32). The molecule has 0 aliphatic heterocycles. The summed E-state index contributed by atoms with van der Waals surface area (Å²) in [6, 6.07) is 3.89. The molecule has 1 aromatic rings. The van der Waals surface area contributed by atoms with E-state index in [1.165, 1.54) is 0 Å². The smallest absolute Gasteiger partial charge is 0.408 e. The van der Waals surface area contributed by atoms with Crippen LogP contribution in [0, 0.1) is 13.8 Å². The van der Waals surface area contributed by atoms with E-state index in [9.17, 15) is 14.4 Å². The highest BCUT2D eigenvalue weighted by Crippen LogP contribution is 2.28. The highest BCUT2D eigenvalue weighted by molar-refractivity contribution is 5.92. The van der Waals surface area contributed by atoms with E-state index in [2.05, 4.69) is 17.6 Å². The molecule has 0 fully saturated rings. The first-order chi connectivity index (χ1) is 15.2. The average molecular weight is 462 g/mol. The van der Waals surface area contributed by atoms with Crippen LogP contribution in [0.15, 0.2) is 18.2 Å². The molecule has 186 valence electrons. The van der Waals surface area contributed by atoms with Crippen LogP contribution in [0.3, 0.4) is 0 Å². The molecular formula is C26H43N3O4. The fourth-order valence-corrected chi connectivity index (χ4v) is 3.83. The van der Waals surface area contributed by atoms with Crippen molar-refractivity contribution in [1.82, 2.24) is 15.5 Å². The molecule has 0 radical (unpaired) electrons. The zero-order chi connectivity index (χ0) is 25.5. The number of nitrogens with zero attached hydrogens (tertiary/aromatic N) is 1. The van der Waals surface area contributed by atoms with E-state index in [-0.39, 0.29) is 23.9 Å². The Labute approximate surface area is 199 Å². The minimum atomic E-state index is -0.864. The molecule has 0 bridgehead atoms. The molecule has 1 aromatic carbocycles. The van der Waals surface area contributed by atoms with Gasteiger partial charge in [-0.05, 0) is 79.9 Å². The number of carbonyl (C=O) groups is 3. The van der Waals surface area contributed by atoms with E-state index in [0.717, 1.165) is 29.5 Å². The normalized spacial score (nSPS) is 14.3. The first-order valence-corrected chi connectivity index (χ1v) is 11.9. The van der Waals surface area contributed by atoms with Crippen molar-refractivity contribution in [2.24, 2.45) is 0 Å². The second-order valence-electron chi connectivity index (χ2n) is 10.2. The Morgan fingerprint density at radius 3 is 2.12 bits per heavy atom. The number of carbonyl (C=O) groups excluding carboxylic acids is 3. The van der Waals surface area contributed by atoms with E-state index in [4.69, 9.17) is 4.74 Å². The lowest BCUT2D eigenvalue weighted by Gasteiger charge is -2.37. The van der Waals surface area contributed by atoms with Crippen LogP contribution < -0.4 is 10.6 Å². The summed E-state index contributed by atoms with van der Waals surface area (Å²) in [6.45, 7) is 18.6. The number of amides is 3. The van der Waals surface area contributed by atoms with Crippen LogP contribution >= 0.6 is 0 Å². The number of hydrogen-bond donors (Lipinski definition) is 2. The van der Waals surface area contributed by atoms with Crippen LogP contribution in [0.2, 0.25) is 0 Å². The van der Waals surface area contributed by atoms with Gasteiger partial charge in [-0.2, -0.15) is 0 Å². The molecule has 7 nitrogen and oxygen atoms in total. The lowest BCUT2D eigenvalue weighted by atomic mass is 9.95. The number of alkyl carbamates (subject to hydrolysis) is 1. The van der Waals surface area contributed by atoms with Gasteiger partial charge in [-0.1, -0.05) is 37.1 Å². The Morgan fingerprint density at radius 2 is 1.64 bits per heavy atom. The maximum absolute atomic E-state index is 13.6. The molecule has 0 spiro atoms. The molecule has 0 aromatic heterocycles. The van der Waals surface area contributed by atoms with Gasteiger partial charge in [-0.3, -0.25) is 9.59 Å². The topological polar surface area (TPSA) is 87.7 Å². The molecule has 0 aliphatic rings. The first-order valence-electron chi connectivity index (χ1n) is 11.9. The molecule has 0 saturated heterocycles. The lowest BCUT2D eigenvalue weighted by molar-refractivity contribution is -0.144. The summed E-state index contributed by atoms with van der Waals surface area (Å²) in [5.41, 5.74) is 2.11. The highest BCUT2D eigenvalue weighted by Gasteiger charge is 2.37. The van der Waals surface area contributed by atoms with E-state index < -0.39 is 23.8 Å². The Morgan fingerprint density at radius 1 is 1.03 bits per heavy atom. The summed E-state index contributed by atoms with van der Waals surface area (Å²) in [4.78, 5) is 40.9. The van der Waals surface area contributed by atoms with Crippen LogP contribution in [0.25, 0.3) is 0 Å². The van der Waals surface area contributed by atoms with Crippen LogP contribution in [0.4, 0.5) is 4.79 Å². The lowest BCUT2D eigenvalue weighted by Crippen LogP contribution is -2.54. The largest absolute Gasteiger partial charge is 0.444 e. The van der Waals surface area contributed by atoms with E-state index in [0.29, 0.717) is 0 Å². The first kappa shape index (κ1) is 28.5. The fourth-order valence-electron chi connectivity index (χ4n) is 3.83. The summed E-state index contributed by atoms with van der Waals surface area (Å²) in [5, 5.41) is 5.69. The summed E-state index contributed by atoms with van der Waals surface area (Å²) in [7, 11) is 0. The molecular weight excluding hydrogens is 418 g/mol. The number of aryl methyl sites for hydroxylation is 2. The quantitative estimate of drug-likeness (QED) is 0.553. The van der Waals surface area contributed by atoms with E-state index in [1.807, 2.05) is 52.8 Å². The predicted octanol–water partition coefficient (Wildman–Crippen LogP) is 4.80. The van der Waals surface area contributed by atoms with Gasteiger partial charge in [-0.15, -0.1) is 0 Å². The van der Waals surface area contributed by atoms with Crippen molar-refractivity contribution in [3.8, 4) is 0 Å². The van der Waals surface area contributed by atoms with Gasteiger partial charge in [0.05, 0.1) is 0 Å². The fraction of sp³-hybridized carbons (Fsp3) is 0.654. The Hall–Kier alpha value is -2.57. The van der Waals surface area contributed by atoms with Crippen molar-refractivity contribution >= 4 is 17.9 Å².